The first-order valence-electron chi connectivity index (χ1n) is 11.3. The molecule has 0 bridgehead atoms. The third kappa shape index (κ3) is 4.01. The molecule has 0 saturated heterocycles. The van der Waals surface area contributed by atoms with Crippen molar-refractivity contribution < 1.29 is 19.1 Å². The normalized spacial score (nSPS) is 17.4. The van der Waals surface area contributed by atoms with Gasteiger partial charge >= 0.3 is 0 Å². The van der Waals surface area contributed by atoms with E-state index in [4.69, 9.17) is 16.3 Å². The summed E-state index contributed by atoms with van der Waals surface area (Å²) in [6, 6.07) is 13.8. The number of aromatic nitrogens is 2. The summed E-state index contributed by atoms with van der Waals surface area (Å²) in [6.07, 6.45) is 0.482. The number of nitrogens with zero attached hydrogens (tertiary/aromatic N) is 4. The summed E-state index contributed by atoms with van der Waals surface area (Å²) in [5.41, 5.74) is 2.92. The van der Waals surface area contributed by atoms with E-state index in [0.717, 1.165) is 5.56 Å². The van der Waals surface area contributed by atoms with E-state index >= 15 is 0 Å². The fraction of sp³-hybridized carbons (Fsp3) is 0.280. The van der Waals surface area contributed by atoms with Crippen molar-refractivity contribution in [3.05, 3.63) is 76.1 Å². The SMILES string of the molecule is CNC(=O)c1ccc2c(c1)OC[C@H](N1CCc3c(nn(Cc4ccccc4)c3Cl)C1=O)C(=O)N2C. The molecule has 9 nitrogen and oxygen atoms in total. The zero-order valence-corrected chi connectivity index (χ0v) is 20.1. The van der Waals surface area contributed by atoms with Gasteiger partial charge in [0, 0.05) is 31.8 Å². The molecule has 0 unspecified atom stereocenters. The number of anilines is 1. The minimum atomic E-state index is -0.838. The van der Waals surface area contributed by atoms with Crippen LogP contribution >= 0.6 is 11.6 Å². The molecular formula is C25H24ClN5O4. The zero-order chi connectivity index (χ0) is 24.7. The minimum Gasteiger partial charge on any atom is -0.489 e. The fourth-order valence-electron chi connectivity index (χ4n) is 4.50. The van der Waals surface area contributed by atoms with Crippen molar-refractivity contribution in [3.8, 4) is 5.75 Å². The third-order valence-corrected chi connectivity index (χ3v) is 6.85. The van der Waals surface area contributed by atoms with Crippen molar-refractivity contribution in [3.63, 3.8) is 0 Å². The van der Waals surface area contributed by atoms with E-state index in [0.29, 0.717) is 47.2 Å². The molecule has 10 heteroatoms. The molecule has 2 aliphatic rings. The number of nitrogens with one attached hydrogen (secondary N) is 1. The van der Waals surface area contributed by atoms with Crippen LogP contribution in [-0.2, 0) is 17.8 Å². The molecule has 3 aromatic rings. The second-order valence-corrected chi connectivity index (χ2v) is 8.85. The molecule has 5 rings (SSSR count). The van der Waals surface area contributed by atoms with Crippen LogP contribution in [0.4, 0.5) is 5.69 Å². The van der Waals surface area contributed by atoms with E-state index in [1.165, 1.54) is 9.80 Å². The van der Waals surface area contributed by atoms with Gasteiger partial charge in [-0.05, 0) is 30.2 Å². The monoisotopic (exact) mass is 493 g/mol. The lowest BCUT2D eigenvalue weighted by molar-refractivity contribution is -0.123. The van der Waals surface area contributed by atoms with Crippen LogP contribution in [0.5, 0.6) is 5.75 Å². The minimum absolute atomic E-state index is 0.0348. The predicted octanol–water partition coefficient (Wildman–Crippen LogP) is 2.37. The van der Waals surface area contributed by atoms with Crippen molar-refractivity contribution in [2.75, 3.05) is 32.1 Å². The first-order chi connectivity index (χ1) is 16.9. The summed E-state index contributed by atoms with van der Waals surface area (Å²) in [5.74, 6) is -0.479. The highest BCUT2D eigenvalue weighted by Crippen LogP contribution is 2.34. The van der Waals surface area contributed by atoms with Crippen molar-refractivity contribution in [1.82, 2.24) is 20.0 Å². The van der Waals surface area contributed by atoms with E-state index in [1.54, 1.807) is 37.0 Å². The number of likely N-dealkylation sites (N-methyl/N-ethyl adjacent to an activating group) is 1. The standard InChI is InChI=1S/C25H24ClN5O4/c1-27-23(32)16-8-9-18-20(12-16)35-14-19(24(33)29(18)2)30-11-10-17-21(25(30)34)28-31(22(17)26)13-15-6-4-3-5-7-15/h3-9,12,19H,10-11,13-14H2,1-2H3,(H,27,32)/t19-/m0/s1. The Morgan fingerprint density at radius 3 is 2.71 bits per heavy atom. The van der Waals surface area contributed by atoms with E-state index in [-0.39, 0.29) is 30.0 Å². The average Bonchev–Trinajstić information content (AvgIpc) is 3.13. The molecule has 3 heterocycles. The number of hydrogen-bond donors (Lipinski definition) is 1. The van der Waals surface area contributed by atoms with Gasteiger partial charge in [0.2, 0.25) is 0 Å². The smallest absolute Gasteiger partial charge is 0.275 e. The zero-order valence-electron chi connectivity index (χ0n) is 19.3. The van der Waals surface area contributed by atoms with Crippen molar-refractivity contribution in [2.24, 2.45) is 0 Å². The van der Waals surface area contributed by atoms with Gasteiger partial charge in [0.25, 0.3) is 17.7 Å². The quantitative estimate of drug-likeness (QED) is 0.602. The second-order valence-electron chi connectivity index (χ2n) is 8.50. The van der Waals surface area contributed by atoms with Crippen LogP contribution < -0.4 is 15.0 Å². The van der Waals surface area contributed by atoms with Crippen LogP contribution in [0.15, 0.2) is 48.5 Å². The Labute approximate surface area is 207 Å². The fourth-order valence-corrected chi connectivity index (χ4v) is 4.78. The number of rotatable bonds is 4. The Kier molecular flexibility index (Phi) is 5.94. The van der Waals surface area contributed by atoms with Gasteiger partial charge in [0.15, 0.2) is 5.69 Å². The lowest BCUT2D eigenvalue weighted by Crippen LogP contribution is -2.54. The highest BCUT2D eigenvalue weighted by Gasteiger charge is 2.41. The van der Waals surface area contributed by atoms with Crippen molar-refractivity contribution >= 4 is 35.0 Å². The highest BCUT2D eigenvalue weighted by atomic mass is 35.5. The molecule has 1 N–H and O–H groups in total. The molecule has 1 atom stereocenters. The second kappa shape index (κ2) is 9.07. The molecule has 0 fully saturated rings. The average molecular weight is 494 g/mol. The number of amides is 3. The number of ether oxygens (including phenoxy) is 1. The Morgan fingerprint density at radius 1 is 1.20 bits per heavy atom. The highest BCUT2D eigenvalue weighted by molar-refractivity contribution is 6.31. The van der Waals surface area contributed by atoms with Gasteiger partial charge in [-0.2, -0.15) is 5.10 Å². The third-order valence-electron chi connectivity index (χ3n) is 6.42. The lowest BCUT2D eigenvalue weighted by atomic mass is 10.0. The summed E-state index contributed by atoms with van der Waals surface area (Å²) in [6.45, 7) is 0.722. The van der Waals surface area contributed by atoms with Crippen LogP contribution in [0.2, 0.25) is 5.15 Å². The van der Waals surface area contributed by atoms with Crippen molar-refractivity contribution in [2.45, 2.75) is 19.0 Å². The summed E-state index contributed by atoms with van der Waals surface area (Å²) in [7, 11) is 3.18. The summed E-state index contributed by atoms with van der Waals surface area (Å²) < 4.78 is 7.57. The maximum absolute atomic E-state index is 13.5. The largest absolute Gasteiger partial charge is 0.489 e. The Bertz CT molecular complexity index is 1320. The first kappa shape index (κ1) is 22.9. The maximum atomic E-state index is 13.5. The van der Waals surface area contributed by atoms with Crippen LogP contribution in [0.3, 0.4) is 0 Å². The van der Waals surface area contributed by atoms with E-state index in [1.807, 2.05) is 30.3 Å². The molecule has 1 aromatic heterocycles. The van der Waals surface area contributed by atoms with Gasteiger partial charge in [0.05, 0.1) is 12.2 Å². The van der Waals surface area contributed by atoms with Crippen molar-refractivity contribution in [1.29, 1.82) is 0 Å². The van der Waals surface area contributed by atoms with Gasteiger partial charge in [-0.15, -0.1) is 0 Å². The molecule has 0 spiro atoms. The summed E-state index contributed by atoms with van der Waals surface area (Å²) in [5, 5.41) is 7.51. The molecule has 0 saturated carbocycles. The van der Waals surface area contributed by atoms with Crippen LogP contribution in [0, 0.1) is 0 Å². The van der Waals surface area contributed by atoms with Gasteiger partial charge in [-0.3, -0.25) is 14.4 Å². The molecule has 2 aliphatic heterocycles. The van der Waals surface area contributed by atoms with Gasteiger partial charge in [-0.1, -0.05) is 41.9 Å². The number of halogens is 1. The molecule has 0 radical (unpaired) electrons. The lowest BCUT2D eigenvalue weighted by Gasteiger charge is -2.33. The number of carbonyl (C=O) groups excluding carboxylic acids is 3. The molecule has 180 valence electrons. The topological polar surface area (TPSA) is 96.8 Å². The molecule has 3 amide bonds. The van der Waals surface area contributed by atoms with E-state index < -0.39 is 6.04 Å². The number of hydrogen-bond acceptors (Lipinski definition) is 5. The molecule has 2 aromatic carbocycles. The van der Waals surface area contributed by atoms with Crippen LogP contribution in [0.1, 0.15) is 32.0 Å². The Hall–Kier alpha value is -3.85. The summed E-state index contributed by atoms with van der Waals surface area (Å²) >= 11 is 6.58. The number of fused-ring (bicyclic) bond motifs is 2. The van der Waals surface area contributed by atoms with Crippen LogP contribution in [-0.4, -0.2) is 65.7 Å². The van der Waals surface area contributed by atoms with Gasteiger partial charge in [-0.25, -0.2) is 4.68 Å². The number of benzene rings is 2. The molecular weight excluding hydrogens is 470 g/mol. The predicted molar refractivity (Wildman–Crippen MR) is 130 cm³/mol. The molecule has 0 aliphatic carbocycles. The van der Waals surface area contributed by atoms with E-state index in [9.17, 15) is 14.4 Å². The number of carbonyl (C=O) groups is 3. The summed E-state index contributed by atoms with van der Waals surface area (Å²) in [4.78, 5) is 41.8. The Morgan fingerprint density at radius 2 is 1.97 bits per heavy atom. The van der Waals surface area contributed by atoms with Crippen LogP contribution in [0.25, 0.3) is 0 Å². The first-order valence-corrected chi connectivity index (χ1v) is 11.6. The van der Waals surface area contributed by atoms with E-state index in [2.05, 4.69) is 10.4 Å². The maximum Gasteiger partial charge on any atom is 0.275 e. The van der Waals surface area contributed by atoms with Gasteiger partial charge < -0.3 is 19.9 Å². The molecule has 35 heavy (non-hydrogen) atoms. The van der Waals surface area contributed by atoms with Gasteiger partial charge in [0.1, 0.15) is 23.6 Å². The Balaban J connectivity index is 1.40.